The van der Waals surface area contributed by atoms with Gasteiger partial charge in [-0.05, 0) is 43.4 Å². The number of nitrogens with zero attached hydrogens (tertiary/aromatic N) is 1. The lowest BCUT2D eigenvalue weighted by atomic mass is 10.1. The molecule has 1 unspecified atom stereocenters. The molecule has 0 spiro atoms. The van der Waals surface area contributed by atoms with Crippen LogP contribution in [0, 0.1) is 0 Å². The highest BCUT2D eigenvalue weighted by atomic mass is 35.5. The first-order chi connectivity index (χ1) is 11.0. The molecule has 0 bridgehead atoms. The molecule has 0 saturated carbocycles. The Morgan fingerprint density at radius 2 is 1.72 bits per heavy atom. The molecule has 4 nitrogen and oxygen atoms in total. The molecule has 0 radical (unpaired) electrons. The summed E-state index contributed by atoms with van der Waals surface area (Å²) in [5.41, 5.74) is 8.29. The number of halogens is 3. The van der Waals surface area contributed by atoms with Crippen LogP contribution in [-0.2, 0) is 11.2 Å². The van der Waals surface area contributed by atoms with Crippen molar-refractivity contribution in [2.45, 2.75) is 12.5 Å². The van der Waals surface area contributed by atoms with E-state index in [1.165, 1.54) is 0 Å². The van der Waals surface area contributed by atoms with Gasteiger partial charge in [0.25, 0.3) is 0 Å². The van der Waals surface area contributed by atoms with E-state index in [0.717, 1.165) is 11.1 Å². The molecule has 0 fully saturated rings. The van der Waals surface area contributed by atoms with Gasteiger partial charge >= 0.3 is 0 Å². The van der Waals surface area contributed by atoms with Crippen LogP contribution < -0.4 is 11.1 Å². The van der Waals surface area contributed by atoms with Crippen molar-refractivity contribution < 1.29 is 4.79 Å². The number of hydrogen-bond acceptors (Lipinski definition) is 3. The molecule has 0 aliphatic heterocycles. The maximum Gasteiger partial charge on any atom is 0.224 e. The fourth-order valence-corrected chi connectivity index (χ4v) is 2.67. The van der Waals surface area contributed by atoms with E-state index in [1.54, 1.807) is 12.1 Å². The highest BCUT2D eigenvalue weighted by Crippen LogP contribution is 2.25. The number of likely N-dealkylation sites (N-methyl/N-ethyl adjacent to an activating group) is 1. The Hall–Kier alpha value is -1.46. The van der Waals surface area contributed by atoms with Crippen LogP contribution in [0.4, 0.5) is 5.69 Å². The predicted octanol–water partition coefficient (Wildman–Crippen LogP) is 3.73. The third-order valence-corrected chi connectivity index (χ3v) is 4.07. The smallest absolute Gasteiger partial charge is 0.224 e. The molecule has 1 amide bonds. The summed E-state index contributed by atoms with van der Waals surface area (Å²) in [7, 11) is 3.94. The fourth-order valence-electron chi connectivity index (χ4n) is 2.41. The van der Waals surface area contributed by atoms with E-state index >= 15 is 0 Å². The molecular weight excluding hydrogens is 381 g/mol. The number of nitrogen functional groups attached to an aromatic ring is 1. The van der Waals surface area contributed by atoms with E-state index in [2.05, 4.69) is 5.32 Å². The summed E-state index contributed by atoms with van der Waals surface area (Å²) in [6.07, 6.45) is 0.336. The fraction of sp³-hybridized carbons (Fsp3) is 0.278. The molecule has 7 heteroatoms. The molecular formula is C18H24Cl3N3O. The van der Waals surface area contributed by atoms with E-state index in [0.29, 0.717) is 23.7 Å². The SMILES string of the molecule is CN(C)C(CNC(=O)Cc1ccc(N)cc1)c1ccccc1Cl.Cl.Cl. The van der Waals surface area contributed by atoms with Crippen LogP contribution in [0.25, 0.3) is 0 Å². The molecule has 3 N–H and O–H groups in total. The minimum atomic E-state index is -0.0197. The van der Waals surface area contributed by atoms with Crippen LogP contribution in [0.3, 0.4) is 0 Å². The monoisotopic (exact) mass is 403 g/mol. The number of carbonyl (C=O) groups is 1. The average molecular weight is 405 g/mol. The largest absolute Gasteiger partial charge is 0.399 e. The highest BCUT2D eigenvalue weighted by molar-refractivity contribution is 6.31. The lowest BCUT2D eigenvalue weighted by molar-refractivity contribution is -0.120. The van der Waals surface area contributed by atoms with Crippen LogP contribution in [0.15, 0.2) is 48.5 Å². The van der Waals surface area contributed by atoms with Crippen LogP contribution in [0.1, 0.15) is 17.2 Å². The number of rotatable bonds is 6. The standard InChI is InChI=1S/C18H22ClN3O.2ClH/c1-22(2)17(15-5-3-4-6-16(15)19)12-21-18(23)11-13-7-9-14(20)10-8-13;;/h3-10,17H,11-12,20H2,1-2H3,(H,21,23);2*1H. The Kier molecular flexibility index (Phi) is 10.6. The minimum absolute atomic E-state index is 0. The summed E-state index contributed by atoms with van der Waals surface area (Å²) in [5.74, 6) is -0.0197. The minimum Gasteiger partial charge on any atom is -0.399 e. The summed E-state index contributed by atoms with van der Waals surface area (Å²) in [6.45, 7) is 0.505. The second-order valence-electron chi connectivity index (χ2n) is 5.72. The number of amides is 1. The molecule has 0 heterocycles. The van der Waals surface area contributed by atoms with Gasteiger partial charge in [0.2, 0.25) is 5.91 Å². The molecule has 2 aromatic rings. The number of nitrogens with one attached hydrogen (secondary N) is 1. The number of benzene rings is 2. The van der Waals surface area contributed by atoms with Crippen molar-refractivity contribution >= 4 is 48.0 Å². The van der Waals surface area contributed by atoms with Crippen LogP contribution in [0.5, 0.6) is 0 Å². The summed E-state index contributed by atoms with van der Waals surface area (Å²) in [4.78, 5) is 14.2. The van der Waals surface area contributed by atoms with Gasteiger partial charge < -0.3 is 16.0 Å². The van der Waals surface area contributed by atoms with Gasteiger partial charge in [-0.3, -0.25) is 4.79 Å². The van der Waals surface area contributed by atoms with Crippen molar-refractivity contribution in [3.8, 4) is 0 Å². The predicted molar refractivity (Wildman–Crippen MR) is 110 cm³/mol. The van der Waals surface area contributed by atoms with Gasteiger partial charge in [0.1, 0.15) is 0 Å². The Balaban J connectivity index is 0.00000288. The zero-order chi connectivity index (χ0) is 16.8. The third-order valence-electron chi connectivity index (χ3n) is 3.72. The Labute approximate surface area is 166 Å². The number of hydrogen-bond donors (Lipinski definition) is 2. The van der Waals surface area contributed by atoms with Gasteiger partial charge in [0.05, 0.1) is 12.5 Å². The molecule has 0 saturated heterocycles. The first-order valence-corrected chi connectivity index (χ1v) is 7.87. The maximum absolute atomic E-state index is 12.1. The van der Waals surface area contributed by atoms with E-state index in [-0.39, 0.29) is 36.8 Å². The lowest BCUT2D eigenvalue weighted by Crippen LogP contribution is -2.35. The zero-order valence-electron chi connectivity index (χ0n) is 14.2. The molecule has 1 atom stereocenters. The molecule has 25 heavy (non-hydrogen) atoms. The summed E-state index contributed by atoms with van der Waals surface area (Å²) in [6, 6.07) is 15.1. The molecule has 138 valence electrons. The van der Waals surface area contributed by atoms with Crippen molar-refractivity contribution in [2.24, 2.45) is 0 Å². The van der Waals surface area contributed by atoms with Gasteiger partial charge in [-0.15, -0.1) is 24.8 Å². The quantitative estimate of drug-likeness (QED) is 0.721. The molecule has 2 aromatic carbocycles. The van der Waals surface area contributed by atoms with Crippen molar-refractivity contribution in [3.05, 3.63) is 64.7 Å². The normalized spacial score (nSPS) is 11.2. The van der Waals surface area contributed by atoms with Gasteiger partial charge in [-0.2, -0.15) is 0 Å². The Bertz CT molecular complexity index is 663. The van der Waals surface area contributed by atoms with Crippen molar-refractivity contribution in [1.82, 2.24) is 10.2 Å². The average Bonchev–Trinajstić information content (AvgIpc) is 2.51. The summed E-state index contributed by atoms with van der Waals surface area (Å²) in [5, 5.41) is 3.69. The van der Waals surface area contributed by atoms with E-state index in [1.807, 2.05) is 55.4 Å². The summed E-state index contributed by atoms with van der Waals surface area (Å²) >= 11 is 6.27. The van der Waals surface area contributed by atoms with Gasteiger partial charge in [-0.25, -0.2) is 0 Å². The molecule has 0 aliphatic rings. The molecule has 2 rings (SSSR count). The van der Waals surface area contributed by atoms with Gasteiger partial charge in [-0.1, -0.05) is 41.9 Å². The molecule has 0 aliphatic carbocycles. The Morgan fingerprint density at radius 1 is 1.12 bits per heavy atom. The first-order valence-electron chi connectivity index (χ1n) is 7.49. The van der Waals surface area contributed by atoms with E-state index in [9.17, 15) is 4.79 Å². The first kappa shape index (κ1) is 23.5. The molecule has 0 aromatic heterocycles. The van der Waals surface area contributed by atoms with Crippen LogP contribution in [0.2, 0.25) is 5.02 Å². The lowest BCUT2D eigenvalue weighted by Gasteiger charge is -2.26. The van der Waals surface area contributed by atoms with Crippen molar-refractivity contribution in [3.63, 3.8) is 0 Å². The van der Waals surface area contributed by atoms with Crippen molar-refractivity contribution in [2.75, 3.05) is 26.4 Å². The topological polar surface area (TPSA) is 58.4 Å². The summed E-state index contributed by atoms with van der Waals surface area (Å²) < 4.78 is 0. The third kappa shape index (κ3) is 7.12. The van der Waals surface area contributed by atoms with E-state index < -0.39 is 0 Å². The second kappa shape index (κ2) is 11.2. The van der Waals surface area contributed by atoms with E-state index in [4.69, 9.17) is 17.3 Å². The van der Waals surface area contributed by atoms with Crippen LogP contribution >= 0.6 is 36.4 Å². The van der Waals surface area contributed by atoms with Crippen LogP contribution in [-0.4, -0.2) is 31.4 Å². The van der Waals surface area contributed by atoms with Crippen molar-refractivity contribution in [1.29, 1.82) is 0 Å². The van der Waals surface area contributed by atoms with Gasteiger partial charge in [0.15, 0.2) is 0 Å². The number of carbonyl (C=O) groups excluding carboxylic acids is 1. The number of nitrogens with two attached hydrogens (primary N) is 1. The zero-order valence-corrected chi connectivity index (χ0v) is 16.6. The maximum atomic E-state index is 12.1. The Morgan fingerprint density at radius 3 is 2.28 bits per heavy atom. The van der Waals surface area contributed by atoms with Gasteiger partial charge in [0, 0.05) is 17.3 Å². The second-order valence-corrected chi connectivity index (χ2v) is 6.13. The number of anilines is 1. The highest BCUT2D eigenvalue weighted by Gasteiger charge is 2.17.